The largest absolute Gasteiger partial charge is 0.294 e. The van der Waals surface area contributed by atoms with E-state index in [9.17, 15) is 9.70 Å². The maximum atomic E-state index is 11.6. The van der Waals surface area contributed by atoms with E-state index in [0.29, 0.717) is 24.9 Å². The van der Waals surface area contributed by atoms with Gasteiger partial charge in [0, 0.05) is 24.4 Å². The summed E-state index contributed by atoms with van der Waals surface area (Å²) in [4.78, 5) is 25.1. The highest BCUT2D eigenvalue weighted by Gasteiger charge is 2.04. The molecular weight excluding hydrogens is 208 g/mol. The highest BCUT2D eigenvalue weighted by Crippen LogP contribution is 2.03. The molecule has 6 nitrogen and oxygen atoms in total. The van der Waals surface area contributed by atoms with Crippen LogP contribution in [0.1, 0.15) is 23.2 Å². The topological polar surface area (TPSA) is 84.1 Å². The number of rotatable bonds is 7. The van der Waals surface area contributed by atoms with Crippen molar-refractivity contribution in [1.29, 1.82) is 0 Å². The number of hydrogen-bond acceptors (Lipinski definition) is 6. The van der Waals surface area contributed by atoms with Crippen molar-refractivity contribution in [3.8, 4) is 0 Å². The Balaban J connectivity index is 2.23. The minimum Gasteiger partial charge on any atom is -0.294 e. The summed E-state index contributed by atoms with van der Waals surface area (Å²) >= 11 is 0. The fourth-order valence-corrected chi connectivity index (χ4v) is 1.12. The monoisotopic (exact) mass is 220 g/mol. The minimum absolute atomic E-state index is 0.0387. The molecule has 0 aliphatic heterocycles. The molecule has 1 aromatic heterocycles. The zero-order chi connectivity index (χ0) is 11.6. The highest BCUT2D eigenvalue weighted by molar-refractivity contribution is 5.95. The number of carbonyl (C=O) groups excluding carboxylic acids is 1. The molecule has 0 atom stereocenters. The molecule has 0 unspecified atom stereocenters. The lowest BCUT2D eigenvalue weighted by molar-refractivity contribution is 0.0980. The van der Waals surface area contributed by atoms with E-state index in [1.165, 1.54) is 0 Å². The summed E-state index contributed by atoms with van der Waals surface area (Å²) in [5.41, 5.74) is 0.606. The Kier molecular flexibility index (Phi) is 5.54. The van der Waals surface area contributed by atoms with Gasteiger partial charge < -0.3 is 0 Å². The zero-order valence-electron chi connectivity index (χ0n) is 8.74. The number of nitroso groups, excluding NO2 is 1. The lowest BCUT2D eigenvalue weighted by atomic mass is 10.1. The molecule has 0 N–H and O–H groups in total. The van der Waals surface area contributed by atoms with E-state index in [-0.39, 0.29) is 12.5 Å². The average molecular weight is 220 g/mol. The van der Waals surface area contributed by atoms with Crippen molar-refractivity contribution in [1.82, 2.24) is 4.98 Å². The van der Waals surface area contributed by atoms with Crippen molar-refractivity contribution in [2.45, 2.75) is 12.8 Å². The predicted molar refractivity (Wildman–Crippen MR) is 58.2 cm³/mol. The number of ketones is 1. The molecule has 0 aromatic carbocycles. The third-order valence-corrected chi connectivity index (χ3v) is 1.87. The molecule has 1 rings (SSSR count). The summed E-state index contributed by atoms with van der Waals surface area (Å²) in [6.07, 6.45) is 4.17. The second-order valence-corrected chi connectivity index (χ2v) is 3.05. The number of Topliss-reactive ketones (excluding diaryl/α,β-unsaturated/α-hetero) is 1. The second kappa shape index (κ2) is 7.33. The van der Waals surface area contributed by atoms with Crippen LogP contribution in [-0.2, 0) is 0 Å². The molecule has 0 amide bonds. The van der Waals surface area contributed by atoms with Gasteiger partial charge in [0.15, 0.2) is 12.5 Å². The van der Waals surface area contributed by atoms with Crippen LogP contribution in [-0.4, -0.2) is 24.0 Å². The van der Waals surface area contributed by atoms with Crippen LogP contribution in [0.5, 0.6) is 0 Å². The summed E-state index contributed by atoms with van der Waals surface area (Å²) in [6, 6.07) is 3.45. The molecule has 1 heterocycles. The Morgan fingerprint density at radius 2 is 2.25 bits per heavy atom. The Hall–Kier alpha value is -1.98. The number of aromatic nitrogens is 1. The van der Waals surface area contributed by atoms with Gasteiger partial charge in [-0.2, -0.15) is 10.2 Å². The van der Waals surface area contributed by atoms with Crippen molar-refractivity contribution in [3.05, 3.63) is 35.0 Å². The maximum Gasteiger partial charge on any atom is 0.191 e. The van der Waals surface area contributed by atoms with Gasteiger partial charge in [0.25, 0.3) is 0 Å². The van der Waals surface area contributed by atoms with E-state index < -0.39 is 0 Å². The molecule has 0 aliphatic carbocycles. The molecule has 0 aliphatic rings. The van der Waals surface area contributed by atoms with Crippen LogP contribution < -0.4 is 0 Å². The number of nitrogens with zero attached hydrogens (tertiary/aromatic N) is 4. The molecule has 16 heavy (non-hydrogen) atoms. The van der Waals surface area contributed by atoms with E-state index >= 15 is 0 Å². The lowest BCUT2D eigenvalue weighted by Gasteiger charge is -1.97. The van der Waals surface area contributed by atoms with E-state index in [4.69, 9.17) is 0 Å². The first kappa shape index (κ1) is 12.1. The maximum absolute atomic E-state index is 11.6. The molecule has 6 heteroatoms. The first-order valence-electron chi connectivity index (χ1n) is 4.90. The second-order valence-electron chi connectivity index (χ2n) is 3.05. The summed E-state index contributed by atoms with van der Waals surface area (Å²) in [6.45, 7) is 0.276. The molecule has 0 saturated heterocycles. The van der Waals surface area contributed by atoms with Gasteiger partial charge in [-0.3, -0.25) is 9.78 Å². The third-order valence-electron chi connectivity index (χ3n) is 1.87. The SMILES string of the molecule is O=NCN=NCCCC(=O)c1cccnc1. The van der Waals surface area contributed by atoms with E-state index in [0.717, 1.165) is 0 Å². The van der Waals surface area contributed by atoms with E-state index in [1.54, 1.807) is 24.5 Å². The van der Waals surface area contributed by atoms with Gasteiger partial charge in [-0.25, -0.2) is 0 Å². The zero-order valence-corrected chi connectivity index (χ0v) is 8.74. The van der Waals surface area contributed by atoms with Gasteiger partial charge in [-0.1, -0.05) is 0 Å². The standard InChI is InChI=1S/C10H12N4O2/c15-10(9-3-1-5-11-7-9)4-2-6-12-13-8-14-16/h1,3,5,7H,2,4,6,8H2. The molecule has 84 valence electrons. The third kappa shape index (κ3) is 4.50. The Labute approximate surface area is 92.8 Å². The fraction of sp³-hybridized carbons (Fsp3) is 0.400. The molecule has 0 spiro atoms. The normalized spacial score (nSPS) is 10.5. The van der Waals surface area contributed by atoms with Crippen molar-refractivity contribution in [2.24, 2.45) is 15.4 Å². The quantitative estimate of drug-likeness (QED) is 0.305. The molecule has 0 bridgehead atoms. The van der Waals surface area contributed by atoms with Crippen LogP contribution >= 0.6 is 0 Å². The van der Waals surface area contributed by atoms with Crippen LogP contribution in [0.15, 0.2) is 39.9 Å². The molecule has 0 fully saturated rings. The summed E-state index contributed by atoms with van der Waals surface area (Å²) < 4.78 is 0. The van der Waals surface area contributed by atoms with Gasteiger partial charge in [0.05, 0.1) is 6.54 Å². The van der Waals surface area contributed by atoms with Crippen LogP contribution in [0.2, 0.25) is 0 Å². The smallest absolute Gasteiger partial charge is 0.191 e. The summed E-state index contributed by atoms with van der Waals surface area (Å²) in [5.74, 6) is 0.0387. The number of azo groups is 1. The highest BCUT2D eigenvalue weighted by atomic mass is 16.3. The molecular formula is C10H12N4O2. The van der Waals surface area contributed by atoms with Crippen molar-refractivity contribution in [2.75, 3.05) is 13.2 Å². The first-order valence-corrected chi connectivity index (χ1v) is 4.90. The van der Waals surface area contributed by atoms with Gasteiger partial charge in [-0.05, 0) is 23.7 Å². The summed E-state index contributed by atoms with van der Waals surface area (Å²) in [7, 11) is 0. The number of pyridine rings is 1. The van der Waals surface area contributed by atoms with Crippen LogP contribution in [0.3, 0.4) is 0 Å². The van der Waals surface area contributed by atoms with Crippen molar-refractivity contribution >= 4 is 5.78 Å². The number of hydrogen-bond donors (Lipinski definition) is 0. The van der Waals surface area contributed by atoms with Crippen molar-refractivity contribution < 1.29 is 4.79 Å². The molecule has 0 saturated carbocycles. The van der Waals surface area contributed by atoms with Gasteiger partial charge in [0.1, 0.15) is 0 Å². The Bertz CT molecular complexity index is 364. The van der Waals surface area contributed by atoms with E-state index in [1.807, 2.05) is 0 Å². The average Bonchev–Trinajstić information content (AvgIpc) is 2.34. The molecule has 1 aromatic rings. The fourth-order valence-electron chi connectivity index (χ4n) is 1.12. The number of carbonyl (C=O) groups is 1. The Morgan fingerprint density at radius 1 is 1.38 bits per heavy atom. The first-order chi connectivity index (χ1) is 7.84. The van der Waals surface area contributed by atoms with Gasteiger partial charge in [0.2, 0.25) is 0 Å². The molecule has 0 radical (unpaired) electrons. The lowest BCUT2D eigenvalue weighted by Crippen LogP contribution is -2.00. The predicted octanol–water partition coefficient (Wildman–Crippen LogP) is 2.22. The van der Waals surface area contributed by atoms with Gasteiger partial charge in [-0.15, -0.1) is 4.91 Å². The van der Waals surface area contributed by atoms with Crippen LogP contribution in [0.4, 0.5) is 0 Å². The van der Waals surface area contributed by atoms with Gasteiger partial charge >= 0.3 is 0 Å². The van der Waals surface area contributed by atoms with Crippen LogP contribution in [0, 0.1) is 4.91 Å². The van der Waals surface area contributed by atoms with Crippen LogP contribution in [0.25, 0.3) is 0 Å². The summed E-state index contributed by atoms with van der Waals surface area (Å²) in [5, 5.41) is 9.70. The minimum atomic E-state index is -0.156. The Morgan fingerprint density at radius 3 is 2.94 bits per heavy atom. The van der Waals surface area contributed by atoms with Crippen molar-refractivity contribution in [3.63, 3.8) is 0 Å². The van der Waals surface area contributed by atoms with E-state index in [2.05, 4.69) is 20.4 Å².